The molecule has 3 aromatic carbocycles. The van der Waals surface area contributed by atoms with Crippen LogP contribution in [0.3, 0.4) is 0 Å². The summed E-state index contributed by atoms with van der Waals surface area (Å²) in [7, 11) is 0. The number of pyridine rings is 1. The first-order valence-electron chi connectivity index (χ1n) is 18.2. The molecule has 4 aliphatic heterocycles. The second kappa shape index (κ2) is 11.6. The van der Waals surface area contributed by atoms with Gasteiger partial charge in [0, 0.05) is 55.8 Å². The summed E-state index contributed by atoms with van der Waals surface area (Å²) in [6.45, 7) is 2.93. The highest BCUT2D eigenvalue weighted by Crippen LogP contribution is 2.49. The summed E-state index contributed by atoms with van der Waals surface area (Å²) in [5.41, 5.74) is 4.20. The summed E-state index contributed by atoms with van der Waals surface area (Å²) in [6, 6.07) is 18.5. The molecule has 1 aliphatic carbocycles. The molecule has 0 spiro atoms. The van der Waals surface area contributed by atoms with E-state index in [0.717, 1.165) is 80.1 Å². The predicted octanol–water partition coefficient (Wildman–Crippen LogP) is 6.82. The maximum atomic E-state index is 16.9. The molecule has 5 atom stereocenters. The Balaban J connectivity index is 1.02. The fourth-order valence-corrected chi connectivity index (χ4v) is 9.82. The van der Waals surface area contributed by atoms with Crippen LogP contribution in [0.2, 0.25) is 0 Å². The lowest BCUT2D eigenvalue weighted by Gasteiger charge is -2.35. The van der Waals surface area contributed by atoms with Gasteiger partial charge in [-0.25, -0.2) is 8.78 Å². The lowest BCUT2D eigenvalue weighted by molar-refractivity contribution is 0.0845. The van der Waals surface area contributed by atoms with Gasteiger partial charge in [-0.3, -0.25) is 9.88 Å². The molecule has 2 aromatic heterocycles. The largest absolute Gasteiger partial charge is 0.508 e. The minimum absolute atomic E-state index is 0.0467. The van der Waals surface area contributed by atoms with E-state index in [4.69, 9.17) is 14.7 Å². The van der Waals surface area contributed by atoms with Crippen molar-refractivity contribution >= 4 is 27.5 Å². The number of hydrogen-bond acceptors (Lipinski definition) is 8. The maximum absolute atomic E-state index is 16.9. The molecular weight excluding hydrogens is 634 g/mol. The Morgan fingerprint density at radius 1 is 0.940 bits per heavy atom. The van der Waals surface area contributed by atoms with Crippen LogP contribution in [0.4, 0.5) is 14.6 Å². The van der Waals surface area contributed by atoms with Gasteiger partial charge in [0.25, 0.3) is 0 Å². The molecule has 0 saturated carbocycles. The molecule has 0 amide bonds. The van der Waals surface area contributed by atoms with Crippen molar-refractivity contribution in [1.29, 1.82) is 0 Å². The van der Waals surface area contributed by atoms with Crippen molar-refractivity contribution < 1.29 is 18.6 Å². The van der Waals surface area contributed by atoms with Gasteiger partial charge < -0.3 is 20.1 Å². The number of benzene rings is 3. The summed E-state index contributed by atoms with van der Waals surface area (Å²) in [4.78, 5) is 19.2. The third kappa shape index (κ3) is 4.93. The normalized spacial score (nSPS) is 27.4. The van der Waals surface area contributed by atoms with Crippen molar-refractivity contribution in [3.8, 4) is 23.0 Å². The minimum atomic E-state index is -0.776. The second-order valence-corrected chi connectivity index (χ2v) is 15.2. The molecule has 10 heteroatoms. The summed E-state index contributed by atoms with van der Waals surface area (Å²) in [5, 5.41) is 16.4. The van der Waals surface area contributed by atoms with E-state index in [9.17, 15) is 9.50 Å². The molecule has 5 aromatic rings. The topological polar surface area (TPSA) is 86.6 Å². The zero-order valence-corrected chi connectivity index (χ0v) is 27.9. The third-order valence-electron chi connectivity index (χ3n) is 12.1. The number of rotatable bonds is 6. The van der Waals surface area contributed by atoms with E-state index in [0.29, 0.717) is 48.3 Å². The molecule has 8 nitrogen and oxygen atoms in total. The maximum Gasteiger partial charge on any atom is 0.319 e. The average Bonchev–Trinajstić information content (AvgIpc) is 3.88. The number of phenols is 1. The number of nitrogens with zero attached hydrogens (tertiary/aromatic N) is 5. The predicted molar refractivity (Wildman–Crippen MR) is 189 cm³/mol. The van der Waals surface area contributed by atoms with Crippen molar-refractivity contribution in [2.75, 3.05) is 31.1 Å². The molecule has 6 heterocycles. The van der Waals surface area contributed by atoms with Gasteiger partial charge in [-0.1, -0.05) is 42.5 Å². The van der Waals surface area contributed by atoms with Crippen LogP contribution in [0.25, 0.3) is 32.9 Å². The van der Waals surface area contributed by atoms with Crippen LogP contribution in [0.5, 0.6) is 11.8 Å². The number of halogens is 2. The number of alkyl halides is 1. The number of nitrogens with one attached hydrogen (secondary N) is 1. The van der Waals surface area contributed by atoms with Crippen molar-refractivity contribution in [2.24, 2.45) is 0 Å². The number of ether oxygens (including phenoxy) is 1. The van der Waals surface area contributed by atoms with Gasteiger partial charge in [0.2, 0.25) is 0 Å². The first-order valence-corrected chi connectivity index (χ1v) is 18.2. The molecule has 3 unspecified atom stereocenters. The molecule has 10 rings (SSSR count). The van der Waals surface area contributed by atoms with E-state index in [1.54, 1.807) is 18.3 Å². The van der Waals surface area contributed by atoms with Crippen LogP contribution in [0.15, 0.2) is 60.8 Å². The smallest absolute Gasteiger partial charge is 0.319 e. The van der Waals surface area contributed by atoms with E-state index >= 15 is 4.39 Å². The van der Waals surface area contributed by atoms with E-state index in [1.165, 1.54) is 5.56 Å². The molecule has 256 valence electrons. The van der Waals surface area contributed by atoms with Gasteiger partial charge in [0.05, 0.1) is 10.9 Å². The zero-order chi connectivity index (χ0) is 33.6. The van der Waals surface area contributed by atoms with E-state index in [2.05, 4.69) is 38.3 Å². The number of fused-ring (bicyclic) bond motifs is 6. The summed E-state index contributed by atoms with van der Waals surface area (Å²) < 4.78 is 37.6. The number of piperazine rings is 1. The molecule has 4 fully saturated rings. The molecule has 50 heavy (non-hydrogen) atoms. The highest BCUT2D eigenvalue weighted by atomic mass is 19.1. The standard InChI is InChI=1S/C40H40F2N6O2/c41-27-15-23-6-7-25(14-26(23)16-27)34-10-12-40(11-3-13-48(34)40)22-50-39-45-37-33(38(46-39)47-20-28-8-9-29(21-47)44-28)19-43-36(35(37)42)32-18-30(49)17-24-4-1-2-5-31(24)32/h1-2,4-7,14,17-19,27-29,34,44,49H,3,8-13,15-16,20-22H2/t27?,28-,29+,34?,40?. The van der Waals surface area contributed by atoms with Gasteiger partial charge in [0.1, 0.15) is 35.6 Å². The van der Waals surface area contributed by atoms with Crippen LogP contribution >= 0.6 is 0 Å². The molecule has 4 saturated heterocycles. The third-order valence-corrected chi connectivity index (χ3v) is 12.1. The monoisotopic (exact) mass is 674 g/mol. The Morgan fingerprint density at radius 3 is 2.66 bits per heavy atom. The first-order chi connectivity index (χ1) is 24.4. The van der Waals surface area contributed by atoms with Crippen LogP contribution in [0, 0.1) is 5.82 Å². The van der Waals surface area contributed by atoms with E-state index in [1.807, 2.05) is 24.3 Å². The molecule has 2 bridgehead atoms. The van der Waals surface area contributed by atoms with E-state index < -0.39 is 12.0 Å². The van der Waals surface area contributed by atoms with Crippen molar-refractivity contribution in [3.05, 3.63) is 83.3 Å². The SMILES string of the molecule is Oc1cc(-c2ncc3c(N4C[C@H]5CC[C@@H](C4)N5)nc(OCC45CCCN4C(c4ccc6c(c4)CC(F)C6)CC5)nc3c2F)c2ccccc2c1. The Kier molecular flexibility index (Phi) is 7.04. The summed E-state index contributed by atoms with van der Waals surface area (Å²) in [6.07, 6.45) is 8.22. The number of aromatic nitrogens is 3. The van der Waals surface area contributed by atoms with Crippen molar-refractivity contribution in [3.63, 3.8) is 0 Å². The van der Waals surface area contributed by atoms with Crippen LogP contribution in [-0.2, 0) is 12.8 Å². The highest BCUT2D eigenvalue weighted by molar-refractivity contribution is 5.99. The number of phenolic OH excluding ortho intramolecular Hbond substituents is 1. The quantitative estimate of drug-likeness (QED) is 0.203. The lowest BCUT2D eigenvalue weighted by atomic mass is 9.95. The van der Waals surface area contributed by atoms with Gasteiger partial charge in [-0.05, 0) is 84.7 Å². The van der Waals surface area contributed by atoms with Gasteiger partial charge in [-0.2, -0.15) is 9.97 Å². The second-order valence-electron chi connectivity index (χ2n) is 15.2. The van der Waals surface area contributed by atoms with Gasteiger partial charge >= 0.3 is 6.01 Å². The minimum Gasteiger partial charge on any atom is -0.508 e. The molecule has 2 N–H and O–H groups in total. The average molecular weight is 675 g/mol. The lowest BCUT2D eigenvalue weighted by Crippen LogP contribution is -2.51. The Bertz CT molecular complexity index is 2150. The van der Waals surface area contributed by atoms with Crippen LogP contribution in [0.1, 0.15) is 61.3 Å². The fraction of sp³-hybridized carbons (Fsp3) is 0.425. The van der Waals surface area contributed by atoms with E-state index in [-0.39, 0.29) is 34.6 Å². The Hall–Kier alpha value is -4.41. The fourth-order valence-electron chi connectivity index (χ4n) is 9.82. The zero-order valence-electron chi connectivity index (χ0n) is 27.9. The van der Waals surface area contributed by atoms with Gasteiger partial charge in [-0.15, -0.1) is 0 Å². The van der Waals surface area contributed by atoms with Crippen molar-refractivity contribution in [1.82, 2.24) is 25.2 Å². The highest BCUT2D eigenvalue weighted by Gasteiger charge is 2.50. The molecule has 5 aliphatic rings. The molecule has 0 radical (unpaired) electrons. The number of hydrogen-bond donors (Lipinski definition) is 2. The van der Waals surface area contributed by atoms with Crippen molar-refractivity contribution in [2.45, 2.75) is 81.2 Å². The number of aromatic hydroxyl groups is 1. The Morgan fingerprint density at radius 2 is 1.78 bits per heavy atom. The summed E-state index contributed by atoms with van der Waals surface area (Å²) >= 11 is 0. The first kappa shape index (κ1) is 30.4. The van der Waals surface area contributed by atoms with Crippen LogP contribution < -0.4 is 15.0 Å². The van der Waals surface area contributed by atoms with Gasteiger partial charge in [0.15, 0.2) is 5.82 Å². The summed E-state index contributed by atoms with van der Waals surface area (Å²) in [5.74, 6) is 0.139. The van der Waals surface area contributed by atoms with Crippen LogP contribution in [-0.4, -0.2) is 75.0 Å². The Labute approximate surface area is 289 Å². The molecular formula is C40H40F2N6O2. The number of anilines is 1.